The predicted octanol–water partition coefficient (Wildman–Crippen LogP) is 1.69. The molecule has 0 spiro atoms. The number of nitrogens with two attached hydrogens (primary N) is 1. The van der Waals surface area contributed by atoms with E-state index >= 15 is 0 Å². The lowest BCUT2D eigenvalue weighted by atomic mass is 10.2. The summed E-state index contributed by atoms with van der Waals surface area (Å²) in [6, 6.07) is 8.88. The maximum atomic E-state index is 12.5. The van der Waals surface area contributed by atoms with Crippen molar-refractivity contribution in [2.75, 3.05) is 4.90 Å². The predicted molar refractivity (Wildman–Crippen MR) is 99.8 cm³/mol. The number of amidine groups is 1. The number of carbonyl (C=O) groups is 3. The van der Waals surface area contributed by atoms with Crippen molar-refractivity contribution in [2.24, 2.45) is 15.9 Å². The minimum absolute atomic E-state index is 0.0343. The summed E-state index contributed by atoms with van der Waals surface area (Å²) >= 11 is 0.940. The van der Waals surface area contributed by atoms with Crippen LogP contribution < -0.4 is 10.6 Å². The molecule has 0 aliphatic carbocycles. The quantitative estimate of drug-likeness (QED) is 0.345. The third kappa shape index (κ3) is 4.23. The second-order valence-corrected chi connectivity index (χ2v) is 6.65. The molecular formula is C17H14N4O5S. The molecule has 1 aromatic heterocycles. The highest BCUT2D eigenvalue weighted by Crippen LogP contribution is 2.29. The van der Waals surface area contributed by atoms with Crippen molar-refractivity contribution in [1.82, 2.24) is 0 Å². The Hall–Kier alpha value is -3.40. The first-order valence-corrected chi connectivity index (χ1v) is 8.60. The Bertz CT molecular complexity index is 921. The molecule has 138 valence electrons. The molecule has 1 aromatic carbocycles. The van der Waals surface area contributed by atoms with Crippen molar-refractivity contribution < 1.29 is 23.9 Å². The number of hydrogen-bond acceptors (Lipinski definition) is 7. The average Bonchev–Trinajstić information content (AvgIpc) is 3.24. The van der Waals surface area contributed by atoms with Gasteiger partial charge in [0.25, 0.3) is 0 Å². The first kappa shape index (κ1) is 18.4. The van der Waals surface area contributed by atoms with Crippen molar-refractivity contribution in [3.8, 4) is 0 Å². The Morgan fingerprint density at radius 3 is 2.67 bits per heavy atom. The molecule has 3 rings (SSSR count). The Morgan fingerprint density at radius 1 is 1.30 bits per heavy atom. The van der Waals surface area contributed by atoms with Crippen LogP contribution in [0, 0.1) is 0 Å². The lowest BCUT2D eigenvalue weighted by Crippen LogP contribution is -2.31. The van der Waals surface area contributed by atoms with E-state index in [0.717, 1.165) is 16.7 Å². The fourth-order valence-corrected chi connectivity index (χ4v) is 3.22. The molecule has 0 bridgehead atoms. The van der Waals surface area contributed by atoms with Crippen LogP contribution >= 0.6 is 11.8 Å². The van der Waals surface area contributed by atoms with Gasteiger partial charge in [-0.25, -0.2) is 9.69 Å². The van der Waals surface area contributed by atoms with Crippen LogP contribution in [0.2, 0.25) is 0 Å². The fourth-order valence-electron chi connectivity index (χ4n) is 2.40. The topological polar surface area (TPSA) is 139 Å². The summed E-state index contributed by atoms with van der Waals surface area (Å²) in [7, 11) is 0. The monoisotopic (exact) mass is 386 g/mol. The lowest BCUT2D eigenvalue weighted by molar-refractivity contribution is -0.121. The van der Waals surface area contributed by atoms with Gasteiger partial charge in [0.05, 0.1) is 23.7 Å². The molecule has 0 radical (unpaired) electrons. The van der Waals surface area contributed by atoms with Gasteiger partial charge in [0.2, 0.25) is 11.8 Å². The van der Waals surface area contributed by atoms with Crippen molar-refractivity contribution >= 4 is 46.6 Å². The number of thioether (sulfide) groups is 1. The van der Waals surface area contributed by atoms with E-state index < -0.39 is 23.0 Å². The number of aromatic carboxylic acids is 1. The number of anilines is 1. The largest absolute Gasteiger partial charge is 0.478 e. The van der Waals surface area contributed by atoms with E-state index in [2.05, 4.69) is 10.2 Å². The Labute approximate surface area is 157 Å². The third-order valence-corrected chi connectivity index (χ3v) is 4.60. The Morgan fingerprint density at radius 2 is 2.04 bits per heavy atom. The highest BCUT2D eigenvalue weighted by Gasteiger charge is 2.40. The number of hydrogen-bond donors (Lipinski definition) is 2. The summed E-state index contributed by atoms with van der Waals surface area (Å²) in [4.78, 5) is 36.7. The maximum Gasteiger partial charge on any atom is 0.335 e. The third-order valence-electron chi connectivity index (χ3n) is 3.63. The van der Waals surface area contributed by atoms with Crippen LogP contribution in [0.15, 0.2) is 57.3 Å². The molecule has 2 heterocycles. The van der Waals surface area contributed by atoms with E-state index in [1.165, 1.54) is 36.7 Å². The summed E-state index contributed by atoms with van der Waals surface area (Å²) in [6.45, 7) is 0. The second-order valence-electron chi connectivity index (χ2n) is 5.43. The number of rotatable bonds is 5. The second kappa shape index (κ2) is 7.87. The van der Waals surface area contributed by atoms with Crippen molar-refractivity contribution in [2.45, 2.75) is 11.7 Å². The van der Waals surface area contributed by atoms with Crippen molar-refractivity contribution in [1.29, 1.82) is 0 Å². The van der Waals surface area contributed by atoms with Gasteiger partial charge in [-0.15, -0.1) is 5.10 Å². The van der Waals surface area contributed by atoms with Gasteiger partial charge in [-0.1, -0.05) is 11.8 Å². The van der Waals surface area contributed by atoms with Crippen molar-refractivity contribution in [3.05, 3.63) is 54.0 Å². The smallest absolute Gasteiger partial charge is 0.335 e. The molecular weight excluding hydrogens is 372 g/mol. The minimum Gasteiger partial charge on any atom is -0.478 e. The first-order chi connectivity index (χ1) is 13.0. The van der Waals surface area contributed by atoms with Crippen LogP contribution in [0.4, 0.5) is 5.69 Å². The molecule has 0 unspecified atom stereocenters. The van der Waals surface area contributed by atoms with Crippen LogP contribution in [0.5, 0.6) is 0 Å². The number of imide groups is 1. The highest BCUT2D eigenvalue weighted by molar-refractivity contribution is 8.14. The molecule has 1 atom stereocenters. The molecule has 9 nitrogen and oxygen atoms in total. The molecule has 1 aliphatic heterocycles. The summed E-state index contributed by atoms with van der Waals surface area (Å²) in [6.07, 6.45) is 2.82. The zero-order chi connectivity index (χ0) is 19.4. The Kier molecular flexibility index (Phi) is 5.36. The molecule has 27 heavy (non-hydrogen) atoms. The standard InChI is InChI=1S/C17H14N4O5S/c18-17(20-19-9-12-2-1-7-26-12)27-13-8-14(22)21(15(13)23)11-5-3-10(4-6-11)16(24)25/h1-7,9,13H,8H2,(H2,18,20)(H,24,25)/b19-9-/t13-/m0/s1. The van der Waals surface area contributed by atoms with E-state index in [1.54, 1.807) is 12.1 Å². The number of carbonyl (C=O) groups excluding carboxylic acids is 2. The summed E-state index contributed by atoms with van der Waals surface area (Å²) in [5.74, 6) is -1.43. The zero-order valence-corrected chi connectivity index (χ0v) is 14.6. The minimum atomic E-state index is -1.09. The van der Waals surface area contributed by atoms with Gasteiger partial charge < -0.3 is 15.3 Å². The molecule has 1 saturated heterocycles. The van der Waals surface area contributed by atoms with Gasteiger partial charge in [-0.2, -0.15) is 5.10 Å². The summed E-state index contributed by atoms with van der Waals surface area (Å²) < 4.78 is 5.06. The molecule has 3 N–H and O–H groups in total. The normalized spacial score (nSPS) is 17.9. The van der Waals surface area contributed by atoms with Crippen molar-refractivity contribution in [3.63, 3.8) is 0 Å². The number of carboxylic acids is 1. The van der Waals surface area contributed by atoms with Crippen LogP contribution in [0.25, 0.3) is 0 Å². The van der Waals surface area contributed by atoms with E-state index in [9.17, 15) is 14.4 Å². The van der Waals surface area contributed by atoms with Crippen LogP contribution in [0.3, 0.4) is 0 Å². The van der Waals surface area contributed by atoms with E-state index in [1.807, 2.05) is 0 Å². The van der Waals surface area contributed by atoms with E-state index in [-0.39, 0.29) is 17.2 Å². The number of benzene rings is 1. The number of furan rings is 1. The van der Waals surface area contributed by atoms with Crippen LogP contribution in [-0.2, 0) is 9.59 Å². The van der Waals surface area contributed by atoms with Gasteiger partial charge in [0.15, 0.2) is 5.17 Å². The van der Waals surface area contributed by atoms with Gasteiger partial charge in [-0.3, -0.25) is 9.59 Å². The van der Waals surface area contributed by atoms with Gasteiger partial charge in [0, 0.05) is 6.42 Å². The molecule has 10 heteroatoms. The van der Waals surface area contributed by atoms with Gasteiger partial charge in [0.1, 0.15) is 11.0 Å². The molecule has 1 fully saturated rings. The number of amides is 2. The van der Waals surface area contributed by atoms with Gasteiger partial charge in [-0.05, 0) is 36.4 Å². The van der Waals surface area contributed by atoms with Gasteiger partial charge >= 0.3 is 5.97 Å². The summed E-state index contributed by atoms with van der Waals surface area (Å²) in [5, 5.41) is 15.8. The van der Waals surface area contributed by atoms with E-state index in [0.29, 0.717) is 11.4 Å². The first-order valence-electron chi connectivity index (χ1n) is 7.72. The molecule has 0 saturated carbocycles. The average molecular weight is 386 g/mol. The molecule has 1 aliphatic rings. The maximum absolute atomic E-state index is 12.5. The molecule has 2 amide bonds. The zero-order valence-electron chi connectivity index (χ0n) is 13.8. The number of carboxylic acid groups (broad SMARTS) is 1. The highest BCUT2D eigenvalue weighted by atomic mass is 32.2. The summed E-state index contributed by atoms with van der Waals surface area (Å²) in [5.41, 5.74) is 6.13. The SMILES string of the molecule is NC(=N/N=C\c1ccco1)S[C@H]1CC(=O)N(c2ccc(C(=O)O)cc2)C1=O. The van der Waals surface area contributed by atoms with E-state index in [4.69, 9.17) is 15.3 Å². The molecule has 2 aromatic rings. The van der Waals surface area contributed by atoms with Crippen LogP contribution in [0.1, 0.15) is 22.5 Å². The van der Waals surface area contributed by atoms with Crippen LogP contribution in [-0.4, -0.2) is 39.5 Å². The number of nitrogens with zero attached hydrogens (tertiary/aromatic N) is 3. The fraction of sp³-hybridized carbons (Fsp3) is 0.118. The lowest BCUT2D eigenvalue weighted by Gasteiger charge is -2.14. The Balaban J connectivity index is 1.67.